The third-order valence-electron chi connectivity index (χ3n) is 4.46. The van der Waals surface area contributed by atoms with E-state index in [4.69, 9.17) is 4.74 Å². The number of carbonyl (C=O) groups is 3. The monoisotopic (exact) mass is 443 g/mol. The molecule has 3 rings (SSSR count). The van der Waals surface area contributed by atoms with E-state index < -0.39 is 28.0 Å². The van der Waals surface area contributed by atoms with Crippen LogP contribution in [0.1, 0.15) is 36.2 Å². The van der Waals surface area contributed by atoms with Gasteiger partial charge in [-0.25, -0.2) is 8.42 Å². The first-order valence-corrected chi connectivity index (χ1v) is 10.9. The second-order valence-electron chi connectivity index (χ2n) is 6.84. The van der Waals surface area contributed by atoms with Crippen molar-refractivity contribution < 1.29 is 27.5 Å². The Balaban J connectivity index is 1.53. The average Bonchev–Trinajstić information content (AvgIpc) is 2.98. The Hall–Kier alpha value is -3.53. The van der Waals surface area contributed by atoms with Gasteiger partial charge in [0.25, 0.3) is 15.9 Å². The smallest absolute Gasteiger partial charge is 0.308 e. The first-order chi connectivity index (χ1) is 14.7. The Morgan fingerprint density at radius 1 is 1.13 bits per heavy atom. The van der Waals surface area contributed by atoms with E-state index in [1.807, 2.05) is 0 Å². The summed E-state index contributed by atoms with van der Waals surface area (Å²) in [5.41, 5.74) is 1.31. The molecule has 2 N–H and O–H groups in total. The maximum absolute atomic E-state index is 12.2. The van der Waals surface area contributed by atoms with Crippen LogP contribution in [0.4, 0.5) is 5.69 Å². The fourth-order valence-corrected chi connectivity index (χ4v) is 4.13. The zero-order chi connectivity index (χ0) is 22.6. The van der Waals surface area contributed by atoms with Crippen molar-refractivity contribution in [1.29, 1.82) is 0 Å². The molecule has 10 heteroatoms. The maximum atomic E-state index is 12.2. The highest BCUT2D eigenvalue weighted by Crippen LogP contribution is 2.22. The van der Waals surface area contributed by atoms with E-state index in [9.17, 15) is 22.8 Å². The van der Waals surface area contributed by atoms with Crippen molar-refractivity contribution in [3.8, 4) is 0 Å². The number of nitrogens with zero attached hydrogens (tertiary/aromatic N) is 1. The summed E-state index contributed by atoms with van der Waals surface area (Å²) in [5.74, 6) is -1.17. The molecule has 0 spiro atoms. The Morgan fingerprint density at radius 2 is 1.87 bits per heavy atom. The molecule has 0 aromatic heterocycles. The summed E-state index contributed by atoms with van der Waals surface area (Å²) in [6.07, 6.45) is -1.20. The van der Waals surface area contributed by atoms with Gasteiger partial charge in [-0.1, -0.05) is 24.3 Å². The Bertz CT molecular complexity index is 1170. The van der Waals surface area contributed by atoms with Crippen LogP contribution in [0.25, 0.3) is 0 Å². The number of ether oxygens (including phenoxy) is 1. The summed E-state index contributed by atoms with van der Waals surface area (Å²) in [5, 5.41) is 2.59. The van der Waals surface area contributed by atoms with Gasteiger partial charge in [0.15, 0.2) is 11.9 Å². The molecule has 0 bridgehead atoms. The standard InChI is InChI=1S/C21H21N3O6S/c1-13(25)15-6-5-7-16(12-15)23-21(27)14(2)30-19(26)10-11-22-20-17-8-3-4-9-18(17)31(28,29)24-20/h3-9,12,14H,10-11H2,1-2H3,(H,22,24)(H,23,27)/t14-/m0/s1. The number of esters is 1. The molecule has 0 saturated heterocycles. The predicted octanol–water partition coefficient (Wildman–Crippen LogP) is 1.89. The molecule has 2 aromatic rings. The minimum absolute atomic E-state index is 0.0139. The molecule has 1 amide bonds. The van der Waals surface area contributed by atoms with Crippen molar-refractivity contribution >= 4 is 39.2 Å². The zero-order valence-corrected chi connectivity index (χ0v) is 17.7. The van der Waals surface area contributed by atoms with Crippen molar-refractivity contribution in [2.24, 2.45) is 4.99 Å². The van der Waals surface area contributed by atoms with Crippen LogP contribution in [0.2, 0.25) is 0 Å². The molecule has 31 heavy (non-hydrogen) atoms. The van der Waals surface area contributed by atoms with Gasteiger partial charge in [-0.2, -0.15) is 0 Å². The van der Waals surface area contributed by atoms with Crippen LogP contribution in [0, 0.1) is 0 Å². The fraction of sp³-hybridized carbons (Fsp3) is 0.238. The van der Waals surface area contributed by atoms with Crippen LogP contribution in [-0.4, -0.2) is 44.6 Å². The SMILES string of the molecule is CC(=O)c1cccc(NC(=O)[C@H](C)OC(=O)CCN=C2NS(=O)(=O)c3ccccc32)c1. The molecule has 9 nitrogen and oxygen atoms in total. The molecule has 0 unspecified atom stereocenters. The number of hydrogen-bond acceptors (Lipinski definition) is 7. The molecule has 1 atom stereocenters. The highest BCUT2D eigenvalue weighted by atomic mass is 32.2. The van der Waals surface area contributed by atoms with Gasteiger partial charge in [-0.3, -0.25) is 24.1 Å². The minimum atomic E-state index is -3.64. The number of ketones is 1. The molecule has 0 aliphatic carbocycles. The first-order valence-electron chi connectivity index (χ1n) is 9.45. The third-order valence-corrected chi connectivity index (χ3v) is 5.86. The second kappa shape index (κ2) is 9.09. The maximum Gasteiger partial charge on any atom is 0.308 e. The largest absolute Gasteiger partial charge is 0.452 e. The van der Waals surface area contributed by atoms with Crippen LogP contribution in [0.3, 0.4) is 0 Å². The molecule has 0 saturated carbocycles. The zero-order valence-electron chi connectivity index (χ0n) is 16.9. The average molecular weight is 443 g/mol. The van der Waals surface area contributed by atoms with Crippen LogP contribution < -0.4 is 10.0 Å². The molecule has 2 aromatic carbocycles. The molecule has 0 radical (unpaired) electrons. The number of Topliss-reactive ketones (excluding diaryl/α,β-unsaturated/α-hetero) is 1. The third kappa shape index (κ3) is 5.34. The van der Waals surface area contributed by atoms with Crippen LogP contribution in [0.5, 0.6) is 0 Å². The molecule has 1 aliphatic heterocycles. The lowest BCUT2D eigenvalue weighted by Gasteiger charge is -2.13. The van der Waals surface area contributed by atoms with Gasteiger partial charge in [-0.15, -0.1) is 0 Å². The van der Waals surface area contributed by atoms with E-state index in [0.717, 1.165) is 0 Å². The lowest BCUT2D eigenvalue weighted by molar-refractivity contribution is -0.152. The van der Waals surface area contributed by atoms with Gasteiger partial charge >= 0.3 is 5.97 Å². The van der Waals surface area contributed by atoms with E-state index >= 15 is 0 Å². The molecule has 0 fully saturated rings. The van der Waals surface area contributed by atoms with Crippen molar-refractivity contribution in [2.45, 2.75) is 31.3 Å². The van der Waals surface area contributed by atoms with E-state index in [-0.39, 0.29) is 29.5 Å². The Kier molecular flexibility index (Phi) is 6.50. The molecular weight excluding hydrogens is 422 g/mol. The van der Waals surface area contributed by atoms with E-state index in [0.29, 0.717) is 16.8 Å². The number of fused-ring (bicyclic) bond motifs is 1. The summed E-state index contributed by atoms with van der Waals surface area (Å²) in [6, 6.07) is 12.8. The minimum Gasteiger partial charge on any atom is -0.452 e. The van der Waals surface area contributed by atoms with E-state index in [1.165, 1.54) is 26.0 Å². The highest BCUT2D eigenvalue weighted by Gasteiger charge is 2.30. The summed E-state index contributed by atoms with van der Waals surface area (Å²) in [4.78, 5) is 40.0. The van der Waals surface area contributed by atoms with Crippen molar-refractivity contribution in [1.82, 2.24) is 4.72 Å². The number of anilines is 1. The number of rotatable bonds is 7. The summed E-state index contributed by atoms with van der Waals surface area (Å²) in [7, 11) is -3.64. The van der Waals surface area contributed by atoms with E-state index in [2.05, 4.69) is 15.0 Å². The van der Waals surface area contributed by atoms with Crippen molar-refractivity contribution in [3.05, 3.63) is 59.7 Å². The lowest BCUT2D eigenvalue weighted by Crippen LogP contribution is -2.30. The number of nitrogens with one attached hydrogen (secondary N) is 2. The van der Waals surface area contributed by atoms with Gasteiger partial charge in [0.05, 0.1) is 17.9 Å². The summed E-state index contributed by atoms with van der Waals surface area (Å²) < 4.78 is 31.5. The Morgan fingerprint density at radius 3 is 2.61 bits per heavy atom. The summed E-state index contributed by atoms with van der Waals surface area (Å²) >= 11 is 0. The normalized spacial score (nSPS) is 16.1. The topological polar surface area (TPSA) is 131 Å². The van der Waals surface area contributed by atoms with Gasteiger partial charge < -0.3 is 10.1 Å². The summed E-state index contributed by atoms with van der Waals surface area (Å²) in [6.45, 7) is 2.83. The van der Waals surface area contributed by atoms with Crippen molar-refractivity contribution in [2.75, 3.05) is 11.9 Å². The van der Waals surface area contributed by atoms with Crippen molar-refractivity contribution in [3.63, 3.8) is 0 Å². The number of aliphatic imine (C=N–C) groups is 1. The molecule has 162 valence electrons. The van der Waals surface area contributed by atoms with Gasteiger partial charge in [0.1, 0.15) is 5.84 Å². The molecular formula is C21H21N3O6S. The number of hydrogen-bond donors (Lipinski definition) is 2. The molecule has 1 aliphatic rings. The van der Waals surface area contributed by atoms with Gasteiger partial charge in [-0.05, 0) is 38.1 Å². The fourth-order valence-electron chi connectivity index (χ4n) is 2.88. The first kappa shape index (κ1) is 22.2. The quantitative estimate of drug-likeness (QED) is 0.496. The van der Waals surface area contributed by atoms with Crippen LogP contribution in [0.15, 0.2) is 58.4 Å². The lowest BCUT2D eigenvalue weighted by atomic mass is 10.1. The van der Waals surface area contributed by atoms with Gasteiger partial charge in [0.2, 0.25) is 0 Å². The van der Waals surface area contributed by atoms with Crippen LogP contribution >= 0.6 is 0 Å². The number of amidine groups is 1. The van der Waals surface area contributed by atoms with Gasteiger partial charge in [0, 0.05) is 16.8 Å². The molecule has 1 heterocycles. The Labute approximate surface area is 179 Å². The number of sulfonamides is 1. The number of carbonyl (C=O) groups excluding carboxylic acids is 3. The highest BCUT2D eigenvalue weighted by molar-refractivity contribution is 7.90. The second-order valence-corrected chi connectivity index (χ2v) is 8.49. The number of benzene rings is 2. The van der Waals surface area contributed by atoms with E-state index in [1.54, 1.807) is 36.4 Å². The van der Waals surface area contributed by atoms with Crippen LogP contribution in [-0.2, 0) is 24.3 Å². The predicted molar refractivity (Wildman–Crippen MR) is 113 cm³/mol. The number of amides is 1.